The van der Waals surface area contributed by atoms with Crippen molar-refractivity contribution in [2.75, 3.05) is 13.6 Å². The van der Waals surface area contributed by atoms with E-state index in [1.165, 1.54) is 0 Å². The topological polar surface area (TPSA) is 20.3 Å². The van der Waals surface area contributed by atoms with Crippen molar-refractivity contribution in [2.24, 2.45) is 5.41 Å². The van der Waals surface area contributed by atoms with Crippen LogP contribution in [0.2, 0.25) is 0 Å². The highest BCUT2D eigenvalue weighted by Crippen LogP contribution is 2.22. The Morgan fingerprint density at radius 2 is 2.18 bits per heavy atom. The Morgan fingerprint density at radius 3 is 2.82 bits per heavy atom. The molecule has 62 valence electrons. The van der Waals surface area contributed by atoms with E-state index in [1.54, 1.807) is 4.90 Å². The van der Waals surface area contributed by atoms with Gasteiger partial charge in [0, 0.05) is 13.6 Å². The van der Waals surface area contributed by atoms with Gasteiger partial charge in [0.25, 0.3) is 0 Å². The van der Waals surface area contributed by atoms with Crippen molar-refractivity contribution in [3.63, 3.8) is 0 Å². The van der Waals surface area contributed by atoms with Crippen molar-refractivity contribution in [1.29, 1.82) is 0 Å². The Labute approximate surface area is 67.9 Å². The molecule has 0 unspecified atom stereocenters. The van der Waals surface area contributed by atoms with Crippen LogP contribution < -0.4 is 0 Å². The molecular weight excluding hydrogens is 138 g/mol. The van der Waals surface area contributed by atoms with Gasteiger partial charge in [-0.2, -0.15) is 0 Å². The molecule has 1 aliphatic rings. The second kappa shape index (κ2) is 2.68. The van der Waals surface area contributed by atoms with Gasteiger partial charge in [0.15, 0.2) is 0 Å². The molecule has 11 heavy (non-hydrogen) atoms. The van der Waals surface area contributed by atoms with E-state index in [2.05, 4.69) is 6.08 Å². The van der Waals surface area contributed by atoms with Gasteiger partial charge in [0.05, 0.1) is 5.41 Å². The Balaban J connectivity index is 2.85. The van der Waals surface area contributed by atoms with Crippen molar-refractivity contribution in [2.45, 2.75) is 20.3 Å². The zero-order chi connectivity index (χ0) is 8.48. The fraction of sp³-hybridized carbons (Fsp3) is 0.667. The molecule has 1 amide bonds. The highest BCUT2D eigenvalue weighted by atomic mass is 16.2. The molecule has 0 aliphatic carbocycles. The summed E-state index contributed by atoms with van der Waals surface area (Å²) < 4.78 is 0. The average molecular weight is 153 g/mol. The third-order valence-electron chi connectivity index (χ3n) is 2.06. The number of nitrogens with zero attached hydrogens (tertiary/aromatic N) is 1. The highest BCUT2D eigenvalue weighted by molar-refractivity contribution is 5.83. The van der Waals surface area contributed by atoms with Crippen LogP contribution in [-0.2, 0) is 4.79 Å². The number of hydrogen-bond donors (Lipinski definition) is 0. The number of carbonyl (C=O) groups is 1. The molecule has 0 saturated carbocycles. The van der Waals surface area contributed by atoms with Crippen molar-refractivity contribution < 1.29 is 4.79 Å². The maximum Gasteiger partial charge on any atom is 0.231 e. The van der Waals surface area contributed by atoms with Gasteiger partial charge in [-0.25, -0.2) is 0 Å². The van der Waals surface area contributed by atoms with Gasteiger partial charge in [0.2, 0.25) is 5.91 Å². The number of amides is 1. The summed E-state index contributed by atoms with van der Waals surface area (Å²) in [7, 11) is 1.86. The Hall–Kier alpha value is -0.790. The zero-order valence-electron chi connectivity index (χ0n) is 7.42. The summed E-state index contributed by atoms with van der Waals surface area (Å²) in [6, 6.07) is 0. The number of hydrogen-bond acceptors (Lipinski definition) is 1. The molecule has 0 spiro atoms. The van der Waals surface area contributed by atoms with Crippen molar-refractivity contribution in [1.82, 2.24) is 4.90 Å². The monoisotopic (exact) mass is 153 g/mol. The predicted molar refractivity (Wildman–Crippen MR) is 45.2 cm³/mol. The smallest absolute Gasteiger partial charge is 0.231 e. The van der Waals surface area contributed by atoms with E-state index in [4.69, 9.17) is 0 Å². The van der Waals surface area contributed by atoms with E-state index in [1.807, 2.05) is 27.0 Å². The Kier molecular flexibility index (Phi) is 2.03. The molecule has 0 N–H and O–H groups in total. The summed E-state index contributed by atoms with van der Waals surface area (Å²) in [6.07, 6.45) is 5.06. The maximum absolute atomic E-state index is 11.5. The molecule has 0 radical (unpaired) electrons. The number of carbonyl (C=O) groups excluding carboxylic acids is 1. The summed E-state index contributed by atoms with van der Waals surface area (Å²) in [6.45, 7) is 4.75. The zero-order valence-corrected chi connectivity index (χ0v) is 7.42. The van der Waals surface area contributed by atoms with Gasteiger partial charge in [-0.3, -0.25) is 4.79 Å². The fourth-order valence-electron chi connectivity index (χ4n) is 1.31. The van der Waals surface area contributed by atoms with Gasteiger partial charge in [-0.05, 0) is 20.3 Å². The highest BCUT2D eigenvalue weighted by Gasteiger charge is 2.28. The van der Waals surface area contributed by atoms with Crippen LogP contribution in [0.4, 0.5) is 0 Å². The van der Waals surface area contributed by atoms with E-state index >= 15 is 0 Å². The van der Waals surface area contributed by atoms with Crippen LogP contribution in [0.5, 0.6) is 0 Å². The predicted octanol–water partition coefficient (Wildman–Crippen LogP) is 1.43. The molecule has 0 aromatic rings. The van der Waals surface area contributed by atoms with Crippen LogP contribution in [0.3, 0.4) is 0 Å². The van der Waals surface area contributed by atoms with E-state index < -0.39 is 0 Å². The third-order valence-corrected chi connectivity index (χ3v) is 2.06. The molecule has 0 aromatic carbocycles. The van der Waals surface area contributed by atoms with Gasteiger partial charge >= 0.3 is 0 Å². The molecule has 0 bridgehead atoms. The summed E-state index contributed by atoms with van der Waals surface area (Å²) in [4.78, 5) is 13.3. The lowest BCUT2D eigenvalue weighted by molar-refractivity contribution is -0.136. The summed E-state index contributed by atoms with van der Waals surface area (Å²) >= 11 is 0. The standard InChI is InChI=1S/C9H15NO/c1-9(2)6-4-5-7-10(3)8(9)11/h4,6H,5,7H2,1-3H3. The first-order valence-corrected chi connectivity index (χ1v) is 3.97. The van der Waals surface area contributed by atoms with Crippen LogP contribution in [0.1, 0.15) is 20.3 Å². The lowest BCUT2D eigenvalue weighted by Crippen LogP contribution is -2.36. The minimum Gasteiger partial charge on any atom is -0.345 e. The number of rotatable bonds is 0. The first kappa shape index (κ1) is 8.31. The van der Waals surface area contributed by atoms with E-state index in [0.29, 0.717) is 0 Å². The summed E-state index contributed by atoms with van der Waals surface area (Å²) in [5, 5.41) is 0. The molecule has 0 atom stereocenters. The maximum atomic E-state index is 11.5. The second-order valence-electron chi connectivity index (χ2n) is 3.64. The molecule has 1 aliphatic heterocycles. The van der Waals surface area contributed by atoms with Crippen molar-refractivity contribution in [3.8, 4) is 0 Å². The minimum atomic E-state index is -0.300. The second-order valence-corrected chi connectivity index (χ2v) is 3.64. The molecule has 0 fully saturated rings. The van der Waals surface area contributed by atoms with Crippen LogP contribution in [0, 0.1) is 5.41 Å². The van der Waals surface area contributed by atoms with Crippen LogP contribution in [0.15, 0.2) is 12.2 Å². The van der Waals surface area contributed by atoms with E-state index in [-0.39, 0.29) is 11.3 Å². The molecular formula is C9H15NO. The lowest BCUT2D eigenvalue weighted by atomic mass is 9.92. The molecule has 0 aromatic heterocycles. The third kappa shape index (κ3) is 1.62. The van der Waals surface area contributed by atoms with Crippen LogP contribution in [0.25, 0.3) is 0 Å². The minimum absolute atomic E-state index is 0.214. The molecule has 2 heteroatoms. The van der Waals surface area contributed by atoms with E-state index in [0.717, 1.165) is 13.0 Å². The average Bonchev–Trinajstić information content (AvgIpc) is 2.03. The normalized spacial score (nSPS) is 23.5. The van der Waals surface area contributed by atoms with Gasteiger partial charge in [-0.15, -0.1) is 0 Å². The Morgan fingerprint density at radius 1 is 1.55 bits per heavy atom. The first-order chi connectivity index (χ1) is 5.04. The van der Waals surface area contributed by atoms with Crippen molar-refractivity contribution in [3.05, 3.63) is 12.2 Å². The Bertz CT molecular complexity index is 194. The van der Waals surface area contributed by atoms with Gasteiger partial charge in [0.1, 0.15) is 0 Å². The van der Waals surface area contributed by atoms with Crippen molar-refractivity contribution >= 4 is 5.91 Å². The fourth-order valence-corrected chi connectivity index (χ4v) is 1.31. The summed E-state index contributed by atoms with van der Waals surface area (Å²) in [5.41, 5.74) is -0.300. The molecule has 0 saturated heterocycles. The molecule has 1 rings (SSSR count). The molecule has 1 heterocycles. The SMILES string of the molecule is CN1CCC=CC(C)(C)C1=O. The summed E-state index contributed by atoms with van der Waals surface area (Å²) in [5.74, 6) is 0.214. The van der Waals surface area contributed by atoms with Crippen LogP contribution in [-0.4, -0.2) is 24.4 Å². The van der Waals surface area contributed by atoms with Gasteiger partial charge < -0.3 is 4.90 Å². The first-order valence-electron chi connectivity index (χ1n) is 3.97. The quantitative estimate of drug-likeness (QED) is 0.482. The largest absolute Gasteiger partial charge is 0.345 e. The molecule has 2 nitrogen and oxygen atoms in total. The van der Waals surface area contributed by atoms with E-state index in [9.17, 15) is 4.79 Å². The van der Waals surface area contributed by atoms with Gasteiger partial charge in [-0.1, -0.05) is 12.2 Å². The lowest BCUT2D eigenvalue weighted by Gasteiger charge is -2.23. The van der Waals surface area contributed by atoms with Crippen LogP contribution >= 0.6 is 0 Å².